The van der Waals surface area contributed by atoms with Crippen LogP contribution in [-0.2, 0) is 23.9 Å². The second kappa shape index (κ2) is 17.4. The summed E-state index contributed by atoms with van der Waals surface area (Å²) in [6.45, 7) is 3.60. The number of aliphatic hydroxyl groups is 2. The minimum atomic E-state index is -0.578. The molecule has 10 nitrogen and oxygen atoms in total. The van der Waals surface area contributed by atoms with Gasteiger partial charge in [-0.2, -0.15) is 0 Å². The molecule has 0 saturated carbocycles. The minimum Gasteiger partial charge on any atom is -0.462 e. The Morgan fingerprint density at radius 1 is 1.33 bits per heavy atom. The maximum Gasteiger partial charge on any atom is 0.319 e. The largest absolute Gasteiger partial charge is 0.462 e. The molecule has 2 atom stereocenters. The highest BCUT2D eigenvalue weighted by Crippen LogP contribution is 2.23. The first-order valence-electron chi connectivity index (χ1n) is 8.69. The van der Waals surface area contributed by atoms with E-state index in [9.17, 15) is 14.4 Å². The zero-order valence-corrected chi connectivity index (χ0v) is 16.5. The Hall–Kier alpha value is -2.01. The van der Waals surface area contributed by atoms with Gasteiger partial charge in [-0.05, 0) is 12.8 Å². The number of ether oxygens (including phenoxy) is 2. The van der Waals surface area contributed by atoms with Gasteiger partial charge in [0.15, 0.2) is 0 Å². The second-order valence-corrected chi connectivity index (χ2v) is 5.33. The third kappa shape index (κ3) is 11.3. The molecule has 5 N–H and O–H groups in total. The van der Waals surface area contributed by atoms with E-state index in [2.05, 4.69) is 19.2 Å². The highest BCUT2D eigenvalue weighted by molar-refractivity contribution is 5.93. The summed E-state index contributed by atoms with van der Waals surface area (Å²) in [4.78, 5) is 34.8. The van der Waals surface area contributed by atoms with Crippen LogP contribution < -0.4 is 11.1 Å². The molecule has 1 aliphatic heterocycles. The van der Waals surface area contributed by atoms with Crippen molar-refractivity contribution in [3.05, 3.63) is 11.8 Å². The van der Waals surface area contributed by atoms with Crippen molar-refractivity contribution in [3.63, 3.8) is 0 Å². The van der Waals surface area contributed by atoms with Crippen LogP contribution in [0, 0.1) is 0 Å². The molecule has 1 aliphatic rings. The Kier molecular flexibility index (Phi) is 17.5. The number of nitrogens with two attached hydrogens (primary N) is 1. The summed E-state index contributed by atoms with van der Waals surface area (Å²) in [5.74, 6) is -1.01. The SMILES string of the molecule is CCC.CNC(=O)/C(=C\N(C=O)C1CCC(COC(=O)CN)O1)CO.CO. The summed E-state index contributed by atoms with van der Waals surface area (Å²) in [5, 5.41) is 18.5. The summed E-state index contributed by atoms with van der Waals surface area (Å²) in [5.41, 5.74) is 5.16. The number of amides is 2. The first-order valence-corrected chi connectivity index (χ1v) is 8.69. The van der Waals surface area contributed by atoms with E-state index in [4.69, 9.17) is 25.4 Å². The maximum absolute atomic E-state index is 11.5. The van der Waals surface area contributed by atoms with Crippen molar-refractivity contribution >= 4 is 18.3 Å². The molecule has 2 unspecified atom stereocenters. The summed E-state index contributed by atoms with van der Waals surface area (Å²) >= 11 is 0. The minimum absolute atomic E-state index is 0.0382. The molecule has 1 heterocycles. The standard InChI is InChI=1S/C13H21N3O6.C3H8.CH4O/c1-15-13(20)9(6-17)5-16(8-18)11-3-2-10(22-11)7-21-12(19)4-14;1-3-2;1-2/h5,8,10-11,17H,2-4,6-7,14H2,1H3,(H,15,20);3H2,1-2H3;2H,1H3/b9-5-;;. The van der Waals surface area contributed by atoms with Gasteiger partial charge in [-0.15, -0.1) is 0 Å². The number of carbonyl (C=O) groups is 3. The fourth-order valence-corrected chi connectivity index (χ4v) is 1.97. The molecule has 0 aromatic carbocycles. The third-order valence-electron chi connectivity index (χ3n) is 3.13. The van der Waals surface area contributed by atoms with Gasteiger partial charge in [-0.3, -0.25) is 19.3 Å². The highest BCUT2D eigenvalue weighted by Gasteiger charge is 2.30. The van der Waals surface area contributed by atoms with Crippen LogP contribution in [0.4, 0.5) is 0 Å². The molecule has 1 rings (SSSR count). The number of carbonyl (C=O) groups excluding carboxylic acids is 3. The molecule has 0 bridgehead atoms. The van der Waals surface area contributed by atoms with Crippen LogP contribution in [0.2, 0.25) is 0 Å². The molecule has 0 spiro atoms. The maximum atomic E-state index is 11.5. The molecule has 2 amide bonds. The highest BCUT2D eigenvalue weighted by atomic mass is 16.6. The van der Waals surface area contributed by atoms with Crippen molar-refractivity contribution in [3.8, 4) is 0 Å². The fraction of sp³-hybridized carbons (Fsp3) is 0.706. The number of likely N-dealkylation sites (N-methyl/N-ethyl adjacent to an activating group) is 1. The van der Waals surface area contributed by atoms with Crippen LogP contribution in [-0.4, -0.2) is 79.6 Å². The summed E-state index contributed by atoms with van der Waals surface area (Å²) in [7, 11) is 2.42. The van der Waals surface area contributed by atoms with Crippen molar-refractivity contribution < 1.29 is 34.1 Å². The lowest BCUT2D eigenvalue weighted by molar-refractivity contribution is -0.148. The Bertz CT molecular complexity index is 458. The fourth-order valence-electron chi connectivity index (χ4n) is 1.97. The number of nitrogens with zero attached hydrogens (tertiary/aromatic N) is 1. The van der Waals surface area contributed by atoms with E-state index in [0.29, 0.717) is 19.3 Å². The van der Waals surface area contributed by atoms with E-state index >= 15 is 0 Å². The Morgan fingerprint density at radius 2 is 1.93 bits per heavy atom. The first-order chi connectivity index (χ1) is 13.0. The Balaban J connectivity index is 0. The predicted molar refractivity (Wildman–Crippen MR) is 99.2 cm³/mol. The summed E-state index contributed by atoms with van der Waals surface area (Å²) < 4.78 is 10.5. The van der Waals surface area contributed by atoms with Crippen molar-refractivity contribution in [2.24, 2.45) is 5.73 Å². The normalized spacial score (nSPS) is 18.3. The van der Waals surface area contributed by atoms with Crippen molar-refractivity contribution in [2.45, 2.75) is 45.4 Å². The molecule has 158 valence electrons. The zero-order valence-electron chi connectivity index (χ0n) is 16.5. The van der Waals surface area contributed by atoms with E-state index in [1.807, 2.05) is 0 Å². The topological polar surface area (TPSA) is 151 Å². The average Bonchev–Trinajstić information content (AvgIpc) is 3.17. The van der Waals surface area contributed by atoms with E-state index < -0.39 is 24.7 Å². The van der Waals surface area contributed by atoms with Gasteiger partial charge in [0.1, 0.15) is 12.8 Å². The average molecular weight is 391 g/mol. The Morgan fingerprint density at radius 3 is 2.37 bits per heavy atom. The number of aliphatic hydroxyl groups excluding tert-OH is 2. The molecular weight excluding hydrogens is 358 g/mol. The number of esters is 1. The van der Waals surface area contributed by atoms with E-state index in [1.54, 1.807) is 0 Å². The van der Waals surface area contributed by atoms with Crippen LogP contribution in [0.15, 0.2) is 11.8 Å². The molecule has 0 aromatic heterocycles. The lowest BCUT2D eigenvalue weighted by Crippen LogP contribution is -2.33. The second-order valence-electron chi connectivity index (χ2n) is 5.33. The van der Waals surface area contributed by atoms with Gasteiger partial charge in [0, 0.05) is 20.4 Å². The lowest BCUT2D eigenvalue weighted by atomic mass is 10.2. The van der Waals surface area contributed by atoms with Crippen LogP contribution in [0.3, 0.4) is 0 Å². The molecule has 0 aromatic rings. The van der Waals surface area contributed by atoms with Gasteiger partial charge in [0.25, 0.3) is 5.91 Å². The number of rotatable bonds is 8. The van der Waals surface area contributed by atoms with Crippen molar-refractivity contribution in [1.29, 1.82) is 0 Å². The zero-order chi connectivity index (χ0) is 21.2. The smallest absolute Gasteiger partial charge is 0.319 e. The summed E-state index contributed by atoms with van der Waals surface area (Å²) in [6.07, 6.45) is 3.20. The van der Waals surface area contributed by atoms with Crippen molar-refractivity contribution in [1.82, 2.24) is 10.2 Å². The third-order valence-corrected chi connectivity index (χ3v) is 3.13. The first kappa shape index (κ1) is 27.2. The Labute approximate surface area is 160 Å². The molecule has 27 heavy (non-hydrogen) atoms. The molecule has 1 fully saturated rings. The van der Waals surface area contributed by atoms with Crippen LogP contribution in [0.25, 0.3) is 0 Å². The van der Waals surface area contributed by atoms with Gasteiger partial charge in [-0.25, -0.2) is 0 Å². The number of hydrogen-bond acceptors (Lipinski definition) is 8. The van der Waals surface area contributed by atoms with E-state index in [-0.39, 0.29) is 24.8 Å². The van der Waals surface area contributed by atoms with Crippen LogP contribution in [0.1, 0.15) is 33.1 Å². The monoisotopic (exact) mass is 391 g/mol. The quantitative estimate of drug-likeness (QED) is 0.236. The van der Waals surface area contributed by atoms with Gasteiger partial charge in [0.05, 0.1) is 24.8 Å². The number of hydrogen-bond donors (Lipinski definition) is 4. The molecule has 1 saturated heterocycles. The van der Waals surface area contributed by atoms with Gasteiger partial charge >= 0.3 is 5.97 Å². The molecule has 0 radical (unpaired) electrons. The van der Waals surface area contributed by atoms with Crippen LogP contribution >= 0.6 is 0 Å². The number of nitrogens with one attached hydrogen (secondary N) is 1. The van der Waals surface area contributed by atoms with E-state index in [1.165, 1.54) is 24.6 Å². The lowest BCUT2D eigenvalue weighted by Gasteiger charge is -2.22. The predicted octanol–water partition coefficient (Wildman–Crippen LogP) is -0.901. The molecular formula is C17H33N3O7. The van der Waals surface area contributed by atoms with Gasteiger partial charge in [-0.1, -0.05) is 20.3 Å². The van der Waals surface area contributed by atoms with Crippen molar-refractivity contribution in [2.75, 3.05) is 33.9 Å². The molecule has 0 aliphatic carbocycles. The van der Waals surface area contributed by atoms with Crippen LogP contribution in [0.5, 0.6) is 0 Å². The summed E-state index contributed by atoms with van der Waals surface area (Å²) in [6, 6.07) is 0. The van der Waals surface area contributed by atoms with E-state index in [0.717, 1.165) is 7.11 Å². The molecule has 10 heteroatoms. The van der Waals surface area contributed by atoms with Gasteiger partial charge < -0.3 is 30.7 Å². The van der Waals surface area contributed by atoms with Gasteiger partial charge in [0.2, 0.25) is 6.41 Å².